The van der Waals surface area contributed by atoms with Gasteiger partial charge in [-0.15, -0.1) is 8.88 Å². The van der Waals surface area contributed by atoms with E-state index >= 15 is 18.3 Å². The van der Waals surface area contributed by atoms with E-state index in [1.807, 2.05) is 0 Å². The van der Waals surface area contributed by atoms with Crippen LogP contribution in [0.15, 0.2) is 152 Å². The molecule has 0 N–H and O–H groups in total. The van der Waals surface area contributed by atoms with Crippen molar-refractivity contribution in [1.29, 1.82) is 0 Å². The molecule has 4 spiro atoms. The quantitative estimate of drug-likeness (QED) is 0.0862. The van der Waals surface area contributed by atoms with Crippen molar-refractivity contribution in [3.8, 4) is 34.4 Å². The van der Waals surface area contributed by atoms with Crippen LogP contribution in [0.2, 0.25) is 0 Å². The van der Waals surface area contributed by atoms with Crippen LogP contribution in [0.3, 0.4) is 0 Å². The number of phosphoric acid groups is 4. The molecule has 0 amide bonds. The highest BCUT2D eigenvalue weighted by molar-refractivity contribution is 7.74. The minimum Gasteiger partial charge on any atom is -0.404 e. The van der Waals surface area contributed by atoms with Crippen LogP contribution < -0.4 is 27.0 Å². The van der Waals surface area contributed by atoms with Gasteiger partial charge in [-0.25, -0.2) is 36.5 Å². The Hall–Kier alpha value is -4.89. The number of nitrogens with zero attached hydrogens (tertiary/aromatic N) is 5. The second-order valence-corrected chi connectivity index (χ2v) is 37.3. The Balaban J connectivity index is 0.808. The highest BCUT2D eigenvalue weighted by Crippen LogP contribution is 2.76. The zero-order chi connectivity index (χ0) is 65.0. The minimum atomic E-state index is -5.32. The summed E-state index contributed by atoms with van der Waals surface area (Å²) in [6, 6.07) is 40.3. The molecule has 0 unspecified atom stereocenters. The van der Waals surface area contributed by atoms with Gasteiger partial charge in [0.15, 0.2) is 5.82 Å². The van der Waals surface area contributed by atoms with E-state index in [0.717, 1.165) is 0 Å². The van der Waals surface area contributed by atoms with Gasteiger partial charge in [0.25, 0.3) is 0 Å². The number of hydrogen-bond acceptors (Lipinski definition) is 31. The van der Waals surface area contributed by atoms with Gasteiger partial charge in [0, 0.05) is 5.56 Å². The summed E-state index contributed by atoms with van der Waals surface area (Å²) in [7, 11) is -38.2. The van der Waals surface area contributed by atoms with Gasteiger partial charge in [-0.05, 0) is 48.5 Å². The maximum Gasteiger partial charge on any atom is 0.530 e. The first-order chi connectivity index (χ1) is 45.0. The Morgan fingerprint density at radius 2 is 0.457 bits per heavy atom. The van der Waals surface area contributed by atoms with Crippen LogP contribution >= 0.6 is 62.3 Å². The summed E-state index contributed by atoms with van der Waals surface area (Å²) in [5.74, 6) is -1.54. The van der Waals surface area contributed by atoms with Crippen molar-refractivity contribution in [2.24, 2.45) is 21.7 Å². The van der Waals surface area contributed by atoms with Gasteiger partial charge < -0.3 is 18.1 Å². The third-order valence-corrected chi connectivity index (χ3v) is 29.4. The van der Waals surface area contributed by atoms with E-state index in [4.69, 9.17) is 90.5 Å². The fourth-order valence-electron chi connectivity index (χ4n) is 9.82. The average molecular weight is 1460 g/mol. The Morgan fingerprint density at radius 3 is 0.670 bits per heavy atom. The SMILES string of the molecule is O=P1(Oc2ccccc2)OCC2(CO1)COP(=O)(N(c1nc(-c3ccccc3)nc(N(P3(=O)OCC4(COP(=O)(Oc5ccccc5)OC4)CO3)P3(=O)OCC4(COP(=O)(Oc5ccccc5)OC4)CO3)n1)P1(=O)OCC3(COP(=O)(Oc4ccccc4)OC3)CO1)OC2. The lowest BCUT2D eigenvalue weighted by atomic mass is 9.93. The molecule has 8 saturated heterocycles. The van der Waals surface area contributed by atoms with Gasteiger partial charge >= 0.3 is 62.3 Å². The largest absolute Gasteiger partial charge is 0.530 e. The van der Waals surface area contributed by atoms with Crippen LogP contribution in [-0.4, -0.2) is 121 Å². The van der Waals surface area contributed by atoms with Gasteiger partial charge in [0.1, 0.15) is 23.0 Å². The number of benzene rings is 5. The number of anilines is 2. The van der Waals surface area contributed by atoms with E-state index in [2.05, 4.69) is 15.0 Å². The minimum absolute atomic E-state index is 0.151. The summed E-state index contributed by atoms with van der Waals surface area (Å²) in [5, 5.41) is 0. The lowest BCUT2D eigenvalue weighted by Crippen LogP contribution is -2.49. The highest BCUT2D eigenvalue weighted by Gasteiger charge is 2.64. The molecule has 8 fully saturated rings. The number of para-hydroxylation sites is 4. The van der Waals surface area contributed by atoms with Crippen LogP contribution in [0.1, 0.15) is 0 Å². The monoisotopic (exact) mass is 1460 g/mol. The van der Waals surface area contributed by atoms with Crippen molar-refractivity contribution < 1.29 is 127 Å². The Kier molecular flexibility index (Phi) is 18.2. The first kappa shape index (κ1) is 66.3. The molecule has 0 saturated carbocycles. The maximum atomic E-state index is 16.0. The second-order valence-electron chi connectivity index (χ2n) is 22.9. The predicted octanol–water partition coefficient (Wildman–Crippen LogP) is 12.7. The molecule has 94 heavy (non-hydrogen) atoms. The van der Waals surface area contributed by atoms with E-state index in [1.165, 1.54) is 12.1 Å². The Bertz CT molecular complexity index is 3620. The lowest BCUT2D eigenvalue weighted by Gasteiger charge is -2.47. The van der Waals surface area contributed by atoms with Crippen LogP contribution in [-0.2, 0) is 109 Å². The van der Waals surface area contributed by atoms with Crippen molar-refractivity contribution in [2.75, 3.05) is 115 Å². The van der Waals surface area contributed by atoms with E-state index in [1.54, 1.807) is 140 Å². The molecule has 5 aromatic carbocycles. The summed E-state index contributed by atoms with van der Waals surface area (Å²) >= 11 is 0. The smallest absolute Gasteiger partial charge is 0.404 e. The molecule has 14 rings (SSSR count). The van der Waals surface area contributed by atoms with E-state index in [9.17, 15) is 18.3 Å². The van der Waals surface area contributed by atoms with Crippen LogP contribution in [0.25, 0.3) is 11.4 Å². The first-order valence-corrected chi connectivity index (χ1v) is 40.4. The number of hydrogen-bond donors (Lipinski definition) is 0. The zero-order valence-corrected chi connectivity index (χ0v) is 56.1. The zero-order valence-electron chi connectivity index (χ0n) is 49.0. The number of rotatable bonds is 15. The first-order valence-electron chi connectivity index (χ1n) is 28.6. The summed E-state index contributed by atoms with van der Waals surface area (Å²) in [4.78, 5) is 13.9. The lowest BCUT2D eigenvalue weighted by molar-refractivity contribution is -0.0823. The van der Waals surface area contributed by atoms with Gasteiger partial charge in [-0.2, -0.15) is 15.0 Å². The Morgan fingerprint density at radius 1 is 0.266 bits per heavy atom. The fraction of sp³-hybridized carbons (Fsp3) is 0.377. The van der Waals surface area contributed by atoms with Gasteiger partial charge in [0.05, 0.1) is 127 Å². The van der Waals surface area contributed by atoms with Crippen LogP contribution in [0.5, 0.6) is 23.0 Å². The highest BCUT2D eigenvalue weighted by atomic mass is 31.3. The molecule has 6 aromatic rings. The molecule has 41 heteroatoms. The van der Waals surface area contributed by atoms with Crippen molar-refractivity contribution >= 4 is 74.2 Å². The van der Waals surface area contributed by atoms with Crippen molar-refractivity contribution in [3.63, 3.8) is 0 Å². The molecular formula is C53H57N5O28P8. The predicted molar refractivity (Wildman–Crippen MR) is 324 cm³/mol. The van der Waals surface area contributed by atoms with Crippen molar-refractivity contribution in [3.05, 3.63) is 152 Å². The molecule has 0 radical (unpaired) electrons. The third kappa shape index (κ3) is 14.0. The maximum absolute atomic E-state index is 16.0. The van der Waals surface area contributed by atoms with E-state index in [0.29, 0.717) is 8.88 Å². The van der Waals surface area contributed by atoms with Gasteiger partial charge in [-0.1, -0.05) is 103 Å². The molecule has 502 valence electrons. The van der Waals surface area contributed by atoms with Gasteiger partial charge in [0.2, 0.25) is 11.9 Å². The Labute approximate surface area is 536 Å². The van der Waals surface area contributed by atoms with E-state index in [-0.39, 0.29) is 28.6 Å². The van der Waals surface area contributed by atoms with E-state index < -0.39 is 207 Å². The molecule has 33 nitrogen and oxygen atoms in total. The fourth-order valence-corrected chi connectivity index (χ4v) is 24.8. The second kappa shape index (κ2) is 25.8. The average Bonchev–Trinajstić information content (AvgIpc) is 0.727. The molecule has 1 aromatic heterocycles. The number of phosphoric ester groups is 4. The molecule has 0 aliphatic carbocycles. The van der Waals surface area contributed by atoms with Crippen LogP contribution in [0, 0.1) is 21.7 Å². The third-order valence-electron chi connectivity index (χ3n) is 15.3. The van der Waals surface area contributed by atoms with Crippen LogP contribution in [0.4, 0.5) is 11.9 Å². The topological polar surface area (TPSA) is 366 Å². The molecule has 0 bridgehead atoms. The molecule has 8 aliphatic rings. The normalized spacial score (nSPS) is 37.5. The molecular weight excluding hydrogens is 1400 g/mol. The van der Waals surface area contributed by atoms with Crippen molar-refractivity contribution in [1.82, 2.24) is 15.0 Å². The summed E-state index contributed by atoms with van der Waals surface area (Å²) in [6.07, 6.45) is 0. The number of aromatic nitrogens is 3. The molecule has 0 atom stereocenters. The molecule has 8 aliphatic heterocycles. The van der Waals surface area contributed by atoms with Gasteiger partial charge in [-0.3, -0.25) is 72.4 Å². The van der Waals surface area contributed by atoms with Crippen molar-refractivity contribution in [2.45, 2.75) is 0 Å². The molecule has 9 heterocycles. The summed E-state index contributed by atoms with van der Waals surface area (Å²) < 4.78 is 237. The summed E-state index contributed by atoms with van der Waals surface area (Å²) in [6.45, 7) is -8.00. The standard InChI is InChI=1S/C53H57N5O28P8/c59-87(67-26-50(27-68-87)34-75-91(63,76-35-50)83-43-18-8-2-9-19-43)57(88(60)69-28-51(29-70-88)36-77-92(64,78-37-51)84-44-20-10-3-11-21-44)48-54-47(42-16-6-1-7-17-42)55-49(56-48)58(89(61)71-30-52(31-72-89)38-79-93(65,80-39-52)85-45-22-12-4-13-23-45)90(62)73-32-53(33-74-90)40-81-94(66,82-41-53)86-46-24-14-5-15-25-46/h1-25H,26-41H2. The summed E-state index contributed by atoms with van der Waals surface area (Å²) in [5.41, 5.74) is -5.28.